The predicted molar refractivity (Wildman–Crippen MR) is 28.2 cm³/mol. The Labute approximate surface area is 51.8 Å². The van der Waals surface area contributed by atoms with Crippen LogP contribution in [-0.4, -0.2) is 24.3 Å². The van der Waals surface area contributed by atoms with Gasteiger partial charge in [0.1, 0.15) is 6.61 Å². The summed E-state index contributed by atoms with van der Waals surface area (Å²) in [6.07, 6.45) is 0. The lowest BCUT2D eigenvalue weighted by molar-refractivity contribution is -0.138. The van der Waals surface area contributed by atoms with E-state index >= 15 is 0 Å². The first-order valence-corrected chi connectivity index (χ1v) is 2.01. The molecule has 0 spiro atoms. The largest absolute Gasteiger partial charge is 0.460 e. The van der Waals surface area contributed by atoms with Crippen molar-refractivity contribution in [1.29, 1.82) is 0 Å². The highest BCUT2D eigenvalue weighted by Crippen LogP contribution is 1.75. The molecule has 0 aliphatic rings. The first-order chi connectivity index (χ1) is 5.09. The van der Waals surface area contributed by atoms with Crippen molar-refractivity contribution < 1.29 is 18.8 Å². The molecule has 0 saturated heterocycles. The minimum Gasteiger partial charge on any atom is -0.460 e. The molecule has 0 aromatic carbocycles. The first kappa shape index (κ1) is 3.25. The summed E-state index contributed by atoms with van der Waals surface area (Å²) in [6, 6.07) is -0.807. The van der Waals surface area contributed by atoms with Gasteiger partial charge in [-0.3, -0.25) is 0 Å². The maximum absolute atomic E-state index is 10.5. The van der Waals surface area contributed by atoms with E-state index in [1.165, 1.54) is 0 Å². The minimum atomic E-state index is -1.06. The standard InChI is InChI=1S/C5H8O3/c1-2-5(7)8-4-3-6/h2,6H,1,3-4H2/i1D2,2D,5+1. The molecule has 0 radical (unpaired) electrons. The highest BCUT2D eigenvalue weighted by atomic mass is 16.6. The highest BCUT2D eigenvalue weighted by Gasteiger charge is 1.90. The number of esters is 1. The SMILES string of the molecule is [2H]C([2H])=C([2H])[13C](=O)OCCO. The van der Waals surface area contributed by atoms with E-state index in [9.17, 15) is 4.79 Å². The molecule has 0 aromatic rings. The highest BCUT2D eigenvalue weighted by molar-refractivity contribution is 5.81. The zero-order chi connectivity index (χ0) is 8.85. The van der Waals surface area contributed by atoms with Crippen LogP contribution in [0.25, 0.3) is 0 Å². The summed E-state index contributed by atoms with van der Waals surface area (Å²) in [5.74, 6) is -1.06. The molecule has 0 saturated carbocycles. The molecule has 0 rings (SSSR count). The van der Waals surface area contributed by atoms with E-state index in [4.69, 9.17) is 9.22 Å². The van der Waals surface area contributed by atoms with Crippen molar-refractivity contribution in [3.63, 3.8) is 0 Å². The van der Waals surface area contributed by atoms with Crippen molar-refractivity contribution in [3.05, 3.63) is 12.6 Å². The van der Waals surface area contributed by atoms with Gasteiger partial charge in [-0.1, -0.05) is 6.53 Å². The van der Waals surface area contributed by atoms with E-state index in [-0.39, 0.29) is 13.2 Å². The Kier molecular flexibility index (Phi) is 1.76. The van der Waals surface area contributed by atoms with Gasteiger partial charge in [-0.15, -0.1) is 0 Å². The molecular weight excluding hydrogens is 109 g/mol. The van der Waals surface area contributed by atoms with Gasteiger partial charge >= 0.3 is 5.97 Å². The normalized spacial score (nSPS) is 12.9. The van der Waals surface area contributed by atoms with Crippen LogP contribution in [0.5, 0.6) is 0 Å². The Morgan fingerprint density at radius 1 is 2.25 bits per heavy atom. The van der Waals surface area contributed by atoms with Crippen LogP contribution in [0.1, 0.15) is 4.11 Å². The van der Waals surface area contributed by atoms with Crippen LogP contribution in [0.4, 0.5) is 0 Å². The van der Waals surface area contributed by atoms with E-state index < -0.39 is 18.6 Å². The molecule has 0 heterocycles. The monoisotopic (exact) mass is 120 g/mol. The number of carbonyl (C=O) groups is 1. The summed E-state index contributed by atoms with van der Waals surface area (Å²) < 4.78 is 24.1. The van der Waals surface area contributed by atoms with Gasteiger partial charge in [0.15, 0.2) is 0 Å². The number of aliphatic hydroxyl groups excluding tert-OH is 1. The summed E-state index contributed by atoms with van der Waals surface area (Å²) in [4.78, 5) is 10.5. The average Bonchev–Trinajstić information content (AvgIpc) is 1.98. The van der Waals surface area contributed by atoms with Crippen LogP contribution < -0.4 is 0 Å². The Bertz CT molecular complexity index is 174. The van der Waals surface area contributed by atoms with Crippen LogP contribution in [0, 0.1) is 0 Å². The molecule has 0 aliphatic carbocycles. The fourth-order valence-electron chi connectivity index (χ4n) is 0.174. The third-order valence-corrected chi connectivity index (χ3v) is 0.427. The zero-order valence-electron chi connectivity index (χ0n) is 7.18. The van der Waals surface area contributed by atoms with Crippen molar-refractivity contribution in [1.82, 2.24) is 0 Å². The van der Waals surface area contributed by atoms with Crippen LogP contribution in [0.3, 0.4) is 0 Å². The number of ether oxygens (including phenoxy) is 1. The second-order valence-corrected chi connectivity index (χ2v) is 0.985. The summed E-state index contributed by atoms with van der Waals surface area (Å²) in [5.41, 5.74) is 0. The molecule has 3 heteroatoms. The van der Waals surface area contributed by atoms with Crippen LogP contribution >= 0.6 is 0 Å². The topological polar surface area (TPSA) is 46.5 Å². The smallest absolute Gasteiger partial charge is 0.330 e. The Morgan fingerprint density at radius 3 is 3.50 bits per heavy atom. The average molecular weight is 120 g/mol. The molecule has 0 unspecified atom stereocenters. The molecule has 1 N–H and O–H groups in total. The summed E-state index contributed by atoms with van der Waals surface area (Å²) in [6.45, 7) is -1.44. The molecular formula is C5H8O3. The Hall–Kier alpha value is -0.830. The van der Waals surface area contributed by atoms with Gasteiger partial charge in [0.2, 0.25) is 0 Å². The van der Waals surface area contributed by atoms with E-state index in [0.29, 0.717) is 0 Å². The quantitative estimate of drug-likeness (QED) is 0.316. The van der Waals surface area contributed by atoms with E-state index in [2.05, 4.69) is 4.74 Å². The summed E-state index contributed by atoms with van der Waals surface area (Å²) in [7, 11) is 0. The lowest BCUT2D eigenvalue weighted by Gasteiger charge is -1.94. The zero-order valence-corrected chi connectivity index (χ0v) is 4.18. The number of carbonyl (C=O) groups excluding carboxylic acids is 1. The van der Waals surface area contributed by atoms with E-state index in [1.807, 2.05) is 0 Å². The van der Waals surface area contributed by atoms with Gasteiger partial charge in [0.05, 0.1) is 10.7 Å². The molecule has 0 bridgehead atoms. The second-order valence-electron chi connectivity index (χ2n) is 0.985. The third kappa shape index (κ3) is 3.36. The first-order valence-electron chi connectivity index (χ1n) is 3.51. The van der Waals surface area contributed by atoms with Crippen molar-refractivity contribution >= 4 is 5.97 Å². The van der Waals surface area contributed by atoms with E-state index in [0.717, 1.165) is 0 Å². The lowest BCUT2D eigenvalue weighted by atomic mass is 10.8. The van der Waals surface area contributed by atoms with Crippen molar-refractivity contribution in [2.45, 2.75) is 0 Å². The third-order valence-electron chi connectivity index (χ3n) is 0.427. The number of rotatable bonds is 3. The predicted octanol–water partition coefficient (Wildman–Crippen LogP) is -0.292. The Morgan fingerprint density at radius 2 is 3.00 bits per heavy atom. The van der Waals surface area contributed by atoms with E-state index in [1.54, 1.807) is 0 Å². The fraction of sp³-hybridized carbons (Fsp3) is 0.400. The fourth-order valence-corrected chi connectivity index (χ4v) is 0.174. The molecule has 0 fully saturated rings. The summed E-state index contributed by atoms with van der Waals surface area (Å²) in [5, 5.41) is 8.19. The van der Waals surface area contributed by atoms with Gasteiger partial charge in [-0.2, -0.15) is 0 Å². The number of aliphatic hydroxyl groups is 1. The minimum absolute atomic E-state index is 0.214. The van der Waals surface area contributed by atoms with Crippen LogP contribution in [0.15, 0.2) is 12.6 Å². The second kappa shape index (κ2) is 4.33. The van der Waals surface area contributed by atoms with Gasteiger partial charge in [-0.25, -0.2) is 4.79 Å². The van der Waals surface area contributed by atoms with Gasteiger partial charge in [0.25, 0.3) is 0 Å². The molecule has 46 valence electrons. The molecule has 0 atom stereocenters. The van der Waals surface area contributed by atoms with Crippen molar-refractivity contribution in [2.75, 3.05) is 13.2 Å². The number of hydrogen-bond donors (Lipinski definition) is 1. The number of hydrogen-bond acceptors (Lipinski definition) is 3. The molecule has 0 amide bonds. The molecule has 0 aliphatic heterocycles. The molecule has 3 nitrogen and oxygen atoms in total. The lowest BCUT2D eigenvalue weighted by Crippen LogP contribution is -2.04. The van der Waals surface area contributed by atoms with Crippen molar-refractivity contribution in [2.24, 2.45) is 0 Å². The maximum Gasteiger partial charge on any atom is 0.330 e. The Balaban J connectivity index is 3.95. The summed E-state index contributed by atoms with van der Waals surface area (Å²) >= 11 is 0. The molecule has 0 aromatic heterocycles. The maximum atomic E-state index is 10.5. The molecule has 8 heavy (non-hydrogen) atoms. The van der Waals surface area contributed by atoms with Gasteiger partial charge in [-0.05, 0) is 0 Å². The van der Waals surface area contributed by atoms with Crippen molar-refractivity contribution in [3.8, 4) is 0 Å². The van der Waals surface area contributed by atoms with Crippen LogP contribution in [-0.2, 0) is 9.53 Å². The van der Waals surface area contributed by atoms with Crippen LogP contribution in [0.2, 0.25) is 0 Å². The van der Waals surface area contributed by atoms with Gasteiger partial charge in [0, 0.05) is 6.05 Å². The van der Waals surface area contributed by atoms with Gasteiger partial charge < -0.3 is 9.84 Å².